The second kappa shape index (κ2) is 10.1. The van der Waals surface area contributed by atoms with Gasteiger partial charge >= 0.3 is 0 Å². The summed E-state index contributed by atoms with van der Waals surface area (Å²) in [6, 6.07) is 6.12. The molecule has 2 amide bonds. The Hall–Kier alpha value is -2.71. The van der Waals surface area contributed by atoms with Gasteiger partial charge in [-0.25, -0.2) is 0 Å². The molecule has 31 heavy (non-hydrogen) atoms. The number of carbonyl (C=O) groups is 2. The van der Waals surface area contributed by atoms with Gasteiger partial charge in [-0.3, -0.25) is 14.5 Å². The van der Waals surface area contributed by atoms with E-state index < -0.39 is 0 Å². The molecule has 0 spiro atoms. The summed E-state index contributed by atoms with van der Waals surface area (Å²) in [6.07, 6.45) is 5.44. The largest absolute Gasteiger partial charge is 0.385 e. The maximum absolute atomic E-state index is 12.8. The van der Waals surface area contributed by atoms with Crippen LogP contribution in [0.3, 0.4) is 0 Å². The molecule has 0 bridgehead atoms. The molecular formula is C23H30N4O3S. The van der Waals surface area contributed by atoms with E-state index in [9.17, 15) is 9.59 Å². The van der Waals surface area contributed by atoms with Crippen molar-refractivity contribution in [2.45, 2.75) is 33.2 Å². The minimum atomic E-state index is -0.0987. The number of fused-ring (bicyclic) bond motifs is 1. The van der Waals surface area contributed by atoms with Gasteiger partial charge in [0.1, 0.15) is 12.2 Å². The van der Waals surface area contributed by atoms with Crippen molar-refractivity contribution in [2.24, 2.45) is 0 Å². The van der Waals surface area contributed by atoms with E-state index in [0.29, 0.717) is 30.5 Å². The van der Waals surface area contributed by atoms with Gasteiger partial charge in [0, 0.05) is 51.0 Å². The average Bonchev–Trinajstić information content (AvgIpc) is 3.21. The third-order valence-electron chi connectivity index (χ3n) is 5.51. The first-order valence-electron chi connectivity index (χ1n) is 10.6. The molecule has 166 valence electrons. The summed E-state index contributed by atoms with van der Waals surface area (Å²) in [5.74, 6) is -0.149. The maximum atomic E-state index is 12.8. The number of aromatic nitrogens is 1. The number of para-hydroxylation sites is 1. The Bertz CT molecular complexity index is 1030. The lowest BCUT2D eigenvalue weighted by Gasteiger charge is -2.13. The maximum Gasteiger partial charge on any atom is 0.276 e. The van der Waals surface area contributed by atoms with Gasteiger partial charge in [0.15, 0.2) is 5.11 Å². The van der Waals surface area contributed by atoms with Crippen molar-refractivity contribution in [1.29, 1.82) is 0 Å². The van der Waals surface area contributed by atoms with Crippen LogP contribution >= 0.6 is 12.2 Å². The number of aryl methyl sites for hydroxylation is 1. The van der Waals surface area contributed by atoms with Crippen molar-refractivity contribution in [2.75, 3.05) is 33.9 Å². The molecular weight excluding hydrogens is 412 g/mol. The molecule has 1 aromatic carbocycles. The van der Waals surface area contributed by atoms with Crippen molar-refractivity contribution >= 4 is 46.1 Å². The first-order chi connectivity index (χ1) is 14.9. The smallest absolute Gasteiger partial charge is 0.276 e. The van der Waals surface area contributed by atoms with Crippen LogP contribution in [-0.2, 0) is 27.3 Å². The lowest BCUT2D eigenvalue weighted by atomic mass is 10.1. The van der Waals surface area contributed by atoms with E-state index in [-0.39, 0.29) is 18.4 Å². The van der Waals surface area contributed by atoms with Crippen molar-refractivity contribution in [1.82, 2.24) is 19.7 Å². The second-order valence-corrected chi connectivity index (χ2v) is 7.86. The third kappa shape index (κ3) is 4.65. The third-order valence-corrected chi connectivity index (χ3v) is 6.00. The van der Waals surface area contributed by atoms with Gasteiger partial charge in [-0.15, -0.1) is 0 Å². The number of carbonyl (C=O) groups excluding carboxylic acids is 2. The van der Waals surface area contributed by atoms with Gasteiger partial charge in [-0.05, 0) is 43.6 Å². The van der Waals surface area contributed by atoms with Crippen LogP contribution in [0.1, 0.15) is 31.4 Å². The molecule has 0 saturated carbocycles. The molecule has 1 aliphatic heterocycles. The molecule has 2 aromatic rings. The van der Waals surface area contributed by atoms with E-state index in [1.165, 1.54) is 0 Å². The van der Waals surface area contributed by atoms with E-state index in [2.05, 4.69) is 18.3 Å². The van der Waals surface area contributed by atoms with Gasteiger partial charge in [0.25, 0.3) is 5.91 Å². The average molecular weight is 443 g/mol. The summed E-state index contributed by atoms with van der Waals surface area (Å²) < 4.78 is 7.00. The lowest BCUT2D eigenvalue weighted by molar-refractivity contribution is -0.122. The minimum absolute atomic E-state index is 0.0505. The number of likely N-dealkylation sites (N-methyl/N-ethyl adjacent to an activating group) is 2. The van der Waals surface area contributed by atoms with Crippen LogP contribution in [0.15, 0.2) is 30.1 Å². The summed E-state index contributed by atoms with van der Waals surface area (Å²) in [5.41, 5.74) is 3.61. The van der Waals surface area contributed by atoms with E-state index in [4.69, 9.17) is 17.0 Å². The quantitative estimate of drug-likeness (QED) is 0.368. The fourth-order valence-electron chi connectivity index (χ4n) is 3.88. The number of methoxy groups -OCH3 is 1. The number of amides is 2. The molecule has 3 rings (SSSR count). The number of nitrogens with one attached hydrogen (secondary N) is 1. The van der Waals surface area contributed by atoms with Crippen molar-refractivity contribution in [3.63, 3.8) is 0 Å². The monoisotopic (exact) mass is 442 g/mol. The topological polar surface area (TPSA) is 66.8 Å². The SMILES string of the molecule is CCc1cccc2c(/C=C3/C(=O)N(CC)C(=S)N3C)cn(CC(=O)NCCCOC)c12. The number of rotatable bonds is 9. The zero-order valence-corrected chi connectivity index (χ0v) is 19.4. The van der Waals surface area contributed by atoms with Crippen LogP contribution in [0.4, 0.5) is 0 Å². The molecule has 0 atom stereocenters. The van der Waals surface area contributed by atoms with Crippen molar-refractivity contribution in [3.8, 4) is 0 Å². The van der Waals surface area contributed by atoms with Crippen LogP contribution in [0.5, 0.6) is 0 Å². The minimum Gasteiger partial charge on any atom is -0.385 e. The number of hydrogen-bond acceptors (Lipinski definition) is 4. The molecule has 1 aliphatic rings. The Morgan fingerprint density at radius 2 is 2.06 bits per heavy atom. The molecule has 0 aliphatic carbocycles. The highest BCUT2D eigenvalue weighted by Crippen LogP contribution is 2.29. The first kappa shape index (κ1) is 23.0. The van der Waals surface area contributed by atoms with Crippen molar-refractivity contribution < 1.29 is 14.3 Å². The summed E-state index contributed by atoms with van der Waals surface area (Å²) in [4.78, 5) is 28.7. The molecule has 1 saturated heterocycles. The molecule has 0 radical (unpaired) electrons. The normalized spacial score (nSPS) is 15.5. The van der Waals surface area contributed by atoms with E-state index in [1.807, 2.05) is 42.9 Å². The predicted molar refractivity (Wildman–Crippen MR) is 127 cm³/mol. The number of ether oxygens (including phenoxy) is 1. The van der Waals surface area contributed by atoms with Crippen LogP contribution in [0.2, 0.25) is 0 Å². The molecule has 1 fully saturated rings. The number of nitrogens with zero attached hydrogens (tertiary/aromatic N) is 3. The molecule has 8 heteroatoms. The van der Waals surface area contributed by atoms with Crippen LogP contribution in [-0.4, -0.2) is 65.1 Å². The van der Waals surface area contributed by atoms with Gasteiger partial charge in [0.2, 0.25) is 5.91 Å². The van der Waals surface area contributed by atoms with Crippen LogP contribution < -0.4 is 5.32 Å². The molecule has 0 unspecified atom stereocenters. The fraction of sp³-hybridized carbons (Fsp3) is 0.435. The Kier molecular flexibility index (Phi) is 7.46. The Labute approximate surface area is 188 Å². The Morgan fingerprint density at radius 3 is 2.71 bits per heavy atom. The highest BCUT2D eigenvalue weighted by Gasteiger charge is 2.34. The Balaban J connectivity index is 1.97. The van der Waals surface area contributed by atoms with Gasteiger partial charge < -0.3 is 19.5 Å². The molecule has 1 N–H and O–H groups in total. The summed E-state index contributed by atoms with van der Waals surface area (Å²) >= 11 is 5.41. The van der Waals surface area contributed by atoms with Gasteiger partial charge in [0.05, 0.1) is 5.52 Å². The molecule has 2 heterocycles. The van der Waals surface area contributed by atoms with Crippen molar-refractivity contribution in [3.05, 3.63) is 41.2 Å². The van der Waals surface area contributed by atoms with Gasteiger partial charge in [-0.2, -0.15) is 0 Å². The van der Waals surface area contributed by atoms with E-state index in [0.717, 1.165) is 34.9 Å². The highest BCUT2D eigenvalue weighted by atomic mass is 32.1. The highest BCUT2D eigenvalue weighted by molar-refractivity contribution is 7.80. The first-order valence-corrected chi connectivity index (χ1v) is 11.0. The second-order valence-electron chi connectivity index (χ2n) is 7.50. The zero-order chi connectivity index (χ0) is 22.5. The molecule has 1 aromatic heterocycles. The van der Waals surface area contributed by atoms with Crippen LogP contribution in [0.25, 0.3) is 17.0 Å². The van der Waals surface area contributed by atoms with E-state index in [1.54, 1.807) is 16.9 Å². The number of thiocarbonyl (C=S) groups is 1. The zero-order valence-electron chi connectivity index (χ0n) is 18.6. The summed E-state index contributed by atoms with van der Waals surface area (Å²) in [5, 5.41) is 4.46. The lowest BCUT2D eigenvalue weighted by Crippen LogP contribution is -2.30. The fourth-order valence-corrected chi connectivity index (χ4v) is 4.19. The molecule has 7 nitrogen and oxygen atoms in total. The number of benzene rings is 1. The van der Waals surface area contributed by atoms with Crippen LogP contribution in [0, 0.1) is 0 Å². The Morgan fingerprint density at radius 1 is 1.29 bits per heavy atom. The standard InChI is InChI=1S/C23H30N4O3S/c1-5-16-9-7-10-18-17(13-19-22(29)27(6-2)23(31)25(19)3)14-26(21(16)18)15-20(28)24-11-8-12-30-4/h7,9-10,13-14H,5-6,8,11-12,15H2,1-4H3,(H,24,28)/b19-13-. The number of hydrogen-bond donors (Lipinski definition) is 1. The van der Waals surface area contributed by atoms with E-state index >= 15 is 0 Å². The van der Waals surface area contributed by atoms with Gasteiger partial charge in [-0.1, -0.05) is 25.1 Å². The summed E-state index contributed by atoms with van der Waals surface area (Å²) in [6.45, 7) is 5.94. The summed E-state index contributed by atoms with van der Waals surface area (Å²) in [7, 11) is 3.46. The predicted octanol–water partition coefficient (Wildman–Crippen LogP) is 2.78.